The quantitative estimate of drug-likeness (QED) is 0.539. The molecule has 0 saturated heterocycles. The highest BCUT2D eigenvalue weighted by molar-refractivity contribution is 6.31. The lowest BCUT2D eigenvalue weighted by atomic mass is 10.0. The average molecular weight is 477 g/mol. The van der Waals surface area contributed by atoms with Gasteiger partial charge in [-0.15, -0.1) is 0 Å². The Hall–Kier alpha value is -3.79. The molecule has 0 radical (unpaired) electrons. The summed E-state index contributed by atoms with van der Waals surface area (Å²) in [6.07, 6.45) is 0. The molecule has 4 rings (SSSR count). The lowest BCUT2D eigenvalue weighted by Gasteiger charge is -2.29. The number of fused-ring (bicyclic) bond motifs is 1. The van der Waals surface area contributed by atoms with Gasteiger partial charge in [-0.25, -0.2) is 13.2 Å². The van der Waals surface area contributed by atoms with Gasteiger partial charge in [0, 0.05) is 29.3 Å². The predicted molar refractivity (Wildman–Crippen MR) is 114 cm³/mol. The molecule has 3 aromatic rings. The Morgan fingerprint density at radius 1 is 1.03 bits per heavy atom. The van der Waals surface area contributed by atoms with Crippen molar-refractivity contribution in [2.45, 2.75) is 12.6 Å². The molecule has 0 spiro atoms. The van der Waals surface area contributed by atoms with Crippen LogP contribution in [0.5, 0.6) is 0 Å². The highest BCUT2D eigenvalue weighted by Crippen LogP contribution is 2.37. The molecule has 7 nitrogen and oxygen atoms in total. The second kappa shape index (κ2) is 8.62. The summed E-state index contributed by atoms with van der Waals surface area (Å²) in [6.45, 7) is -0.258. The molecule has 0 fully saturated rings. The second-order valence-electron chi connectivity index (χ2n) is 7.27. The first-order chi connectivity index (χ1) is 15.7. The van der Waals surface area contributed by atoms with E-state index in [1.54, 1.807) is 0 Å². The maximum Gasteiger partial charge on any atom is 0.267 e. The summed E-state index contributed by atoms with van der Waals surface area (Å²) in [4.78, 5) is 37.6. The summed E-state index contributed by atoms with van der Waals surface area (Å²) in [5, 5.41) is 7.80. The molecule has 0 saturated carbocycles. The van der Waals surface area contributed by atoms with Crippen LogP contribution in [0.3, 0.4) is 0 Å². The molecule has 3 N–H and O–H groups in total. The first kappa shape index (κ1) is 22.4. The fourth-order valence-electron chi connectivity index (χ4n) is 3.72. The number of carbonyl (C=O) groups excluding carboxylic acids is 3. The monoisotopic (exact) mass is 476 g/mol. The third-order valence-electron chi connectivity index (χ3n) is 5.12. The number of anilines is 1. The Kier molecular flexibility index (Phi) is 5.86. The lowest BCUT2D eigenvalue weighted by molar-refractivity contribution is -0.123. The van der Waals surface area contributed by atoms with Crippen molar-refractivity contribution < 1.29 is 27.6 Å². The van der Waals surface area contributed by atoms with Gasteiger partial charge in [0.2, 0.25) is 5.91 Å². The molecule has 1 aromatic heterocycles. The minimum absolute atomic E-state index is 0.0422. The van der Waals surface area contributed by atoms with Crippen molar-refractivity contribution in [2.24, 2.45) is 0 Å². The van der Waals surface area contributed by atoms with Gasteiger partial charge in [0.15, 0.2) is 0 Å². The molecule has 0 bridgehead atoms. The van der Waals surface area contributed by atoms with Gasteiger partial charge in [0.1, 0.15) is 29.7 Å². The molecular formula is C22H16ClF3N4O3. The molecule has 1 atom stereocenters. The van der Waals surface area contributed by atoms with Crippen LogP contribution in [0.25, 0.3) is 0 Å². The maximum atomic E-state index is 14.0. The summed E-state index contributed by atoms with van der Waals surface area (Å²) in [6, 6.07) is 6.21. The predicted octanol–water partition coefficient (Wildman–Crippen LogP) is 3.39. The fourth-order valence-corrected chi connectivity index (χ4v) is 3.95. The topological polar surface area (TPSA) is 92.2 Å². The summed E-state index contributed by atoms with van der Waals surface area (Å²) in [7, 11) is 1.39. The van der Waals surface area contributed by atoms with Crippen LogP contribution in [-0.2, 0) is 11.3 Å². The number of hydrogen-bond donors (Lipinski definition) is 3. The Balaban J connectivity index is 1.86. The van der Waals surface area contributed by atoms with Crippen LogP contribution in [0.4, 0.5) is 18.9 Å². The number of carbonyl (C=O) groups is 3. The summed E-state index contributed by atoms with van der Waals surface area (Å²) in [5.41, 5.74) is 0.258. The van der Waals surface area contributed by atoms with Gasteiger partial charge in [0.25, 0.3) is 11.8 Å². The molecule has 3 amide bonds. The first-order valence-electron chi connectivity index (χ1n) is 9.65. The summed E-state index contributed by atoms with van der Waals surface area (Å²) >= 11 is 6.25. The van der Waals surface area contributed by atoms with E-state index in [9.17, 15) is 27.6 Å². The molecule has 2 aromatic carbocycles. The van der Waals surface area contributed by atoms with Crippen LogP contribution in [-0.4, -0.2) is 29.3 Å². The summed E-state index contributed by atoms with van der Waals surface area (Å²) < 4.78 is 42.5. The van der Waals surface area contributed by atoms with Gasteiger partial charge in [-0.1, -0.05) is 11.6 Å². The average Bonchev–Trinajstić information content (AvgIpc) is 3.11. The number of aromatic nitrogens is 1. The Labute approximate surface area is 190 Å². The number of nitrogens with zero attached hydrogens (tertiary/aromatic N) is 1. The first-order valence-corrected chi connectivity index (χ1v) is 10.0. The SMILES string of the molecule is CNC(=O)c1cc(NC(=O)c2cc(F)cc(F)c2)c2n1CC(=O)NC2c1cc(F)ccc1Cl. The van der Waals surface area contributed by atoms with Crippen LogP contribution in [0.1, 0.15) is 38.1 Å². The van der Waals surface area contributed by atoms with E-state index in [0.29, 0.717) is 6.07 Å². The minimum Gasteiger partial charge on any atom is -0.354 e. The van der Waals surface area contributed by atoms with Crippen molar-refractivity contribution >= 4 is 35.0 Å². The number of benzene rings is 2. The van der Waals surface area contributed by atoms with E-state index in [0.717, 1.165) is 24.3 Å². The van der Waals surface area contributed by atoms with Crippen LogP contribution < -0.4 is 16.0 Å². The van der Waals surface area contributed by atoms with E-state index < -0.39 is 41.2 Å². The zero-order valence-electron chi connectivity index (χ0n) is 17.0. The number of hydrogen-bond acceptors (Lipinski definition) is 3. The van der Waals surface area contributed by atoms with Crippen molar-refractivity contribution in [3.05, 3.63) is 87.5 Å². The van der Waals surface area contributed by atoms with Crippen molar-refractivity contribution in [1.29, 1.82) is 0 Å². The molecule has 11 heteroatoms. The highest BCUT2D eigenvalue weighted by atomic mass is 35.5. The van der Waals surface area contributed by atoms with Crippen molar-refractivity contribution in [2.75, 3.05) is 12.4 Å². The van der Waals surface area contributed by atoms with Crippen LogP contribution >= 0.6 is 11.6 Å². The smallest absolute Gasteiger partial charge is 0.267 e. The van der Waals surface area contributed by atoms with Gasteiger partial charge in [0.05, 0.1) is 17.4 Å². The second-order valence-corrected chi connectivity index (χ2v) is 7.68. The Morgan fingerprint density at radius 3 is 2.39 bits per heavy atom. The number of rotatable bonds is 4. The van der Waals surface area contributed by atoms with Crippen LogP contribution in [0.15, 0.2) is 42.5 Å². The normalized spacial score (nSPS) is 14.9. The molecule has 170 valence electrons. The van der Waals surface area contributed by atoms with Crippen molar-refractivity contribution in [3.8, 4) is 0 Å². The van der Waals surface area contributed by atoms with E-state index >= 15 is 0 Å². The standard InChI is InChI=1S/C22H16ClF3N4O3/c1-27-22(33)17-8-16(28-21(32)10-4-12(25)6-13(26)5-10)20-19(29-18(31)9-30(17)20)14-7-11(24)2-3-15(14)23/h2-8,19H,9H2,1H3,(H,27,33)(H,28,32)(H,29,31). The van der Waals surface area contributed by atoms with E-state index in [4.69, 9.17) is 11.6 Å². The molecule has 1 unspecified atom stereocenters. The maximum absolute atomic E-state index is 14.0. The van der Waals surface area contributed by atoms with E-state index in [2.05, 4.69) is 16.0 Å². The molecule has 0 aliphatic carbocycles. The lowest BCUT2D eigenvalue weighted by Crippen LogP contribution is -2.40. The van der Waals surface area contributed by atoms with E-state index in [-0.39, 0.29) is 39.8 Å². The molecule has 1 aliphatic heterocycles. The van der Waals surface area contributed by atoms with E-state index in [1.807, 2.05) is 0 Å². The highest BCUT2D eigenvalue weighted by Gasteiger charge is 2.34. The van der Waals surface area contributed by atoms with Crippen molar-refractivity contribution in [1.82, 2.24) is 15.2 Å². The van der Waals surface area contributed by atoms with Crippen molar-refractivity contribution in [3.63, 3.8) is 0 Å². The minimum atomic E-state index is -1.02. The Bertz CT molecular complexity index is 1290. The Morgan fingerprint density at radius 2 is 1.73 bits per heavy atom. The summed E-state index contributed by atoms with van der Waals surface area (Å²) in [5.74, 6) is -4.37. The zero-order valence-corrected chi connectivity index (χ0v) is 17.8. The molecule has 2 heterocycles. The molecule has 33 heavy (non-hydrogen) atoms. The molecule has 1 aliphatic rings. The van der Waals surface area contributed by atoms with Crippen LogP contribution in [0, 0.1) is 17.5 Å². The van der Waals surface area contributed by atoms with Gasteiger partial charge in [-0.05, 0) is 36.4 Å². The van der Waals surface area contributed by atoms with E-state index in [1.165, 1.54) is 23.7 Å². The zero-order chi connectivity index (χ0) is 23.9. The van der Waals surface area contributed by atoms with Gasteiger partial charge >= 0.3 is 0 Å². The van der Waals surface area contributed by atoms with Gasteiger partial charge in [-0.2, -0.15) is 0 Å². The van der Waals surface area contributed by atoms with Crippen LogP contribution in [0.2, 0.25) is 5.02 Å². The third-order valence-corrected chi connectivity index (χ3v) is 5.46. The largest absolute Gasteiger partial charge is 0.354 e. The van der Waals surface area contributed by atoms with Gasteiger partial charge < -0.3 is 20.5 Å². The molecular weight excluding hydrogens is 461 g/mol. The third kappa shape index (κ3) is 4.29. The fraction of sp³-hybridized carbons (Fsp3) is 0.136. The number of amides is 3. The van der Waals surface area contributed by atoms with Gasteiger partial charge in [-0.3, -0.25) is 14.4 Å². The number of nitrogens with one attached hydrogen (secondary N) is 3. The number of halogens is 4.